The molecule has 1 aromatic carbocycles. The minimum absolute atomic E-state index is 0.0576. The van der Waals surface area contributed by atoms with Crippen molar-refractivity contribution in [2.24, 2.45) is 0 Å². The van der Waals surface area contributed by atoms with Crippen LogP contribution in [0.3, 0.4) is 0 Å². The van der Waals surface area contributed by atoms with Gasteiger partial charge in [0.05, 0.1) is 16.3 Å². The maximum Gasteiger partial charge on any atom is 0.418 e. The van der Waals surface area contributed by atoms with E-state index in [0.29, 0.717) is 13.1 Å². The normalized spacial score (nSPS) is 11.7. The second-order valence-electron chi connectivity index (χ2n) is 4.25. The molecule has 0 unspecified atom stereocenters. The number of aromatic nitrogens is 2. The van der Waals surface area contributed by atoms with E-state index in [-0.39, 0.29) is 10.7 Å². The molecule has 108 valence electrons. The van der Waals surface area contributed by atoms with Crippen molar-refractivity contribution in [2.75, 3.05) is 11.9 Å². The summed E-state index contributed by atoms with van der Waals surface area (Å²) in [6.07, 6.45) is -1.02. The average Bonchev–Trinajstić information content (AvgIpc) is 2.76. The number of imidazole rings is 1. The van der Waals surface area contributed by atoms with Gasteiger partial charge in [-0.25, -0.2) is 4.98 Å². The highest BCUT2D eigenvalue weighted by Crippen LogP contribution is 2.38. The number of para-hydroxylation sites is 1. The molecule has 0 bridgehead atoms. The van der Waals surface area contributed by atoms with Gasteiger partial charge < -0.3 is 9.88 Å². The number of hydrogen-bond donors (Lipinski definition) is 1. The molecule has 0 aliphatic heterocycles. The van der Waals surface area contributed by atoms with Crippen LogP contribution >= 0.6 is 11.6 Å². The summed E-state index contributed by atoms with van der Waals surface area (Å²) in [7, 11) is 0. The summed E-state index contributed by atoms with van der Waals surface area (Å²) in [5.41, 5.74) is -0.841. The number of anilines is 1. The lowest BCUT2D eigenvalue weighted by atomic mass is 10.1. The fourth-order valence-corrected chi connectivity index (χ4v) is 2.12. The van der Waals surface area contributed by atoms with Gasteiger partial charge >= 0.3 is 6.18 Å². The van der Waals surface area contributed by atoms with Crippen LogP contribution in [0.5, 0.6) is 0 Å². The molecule has 0 saturated carbocycles. The quantitative estimate of drug-likeness (QED) is 0.926. The number of benzene rings is 1. The molecule has 0 aliphatic carbocycles. The van der Waals surface area contributed by atoms with Crippen molar-refractivity contribution in [1.29, 1.82) is 0 Å². The number of nitrogens with one attached hydrogen (secondary N) is 1. The highest BCUT2D eigenvalue weighted by atomic mass is 35.5. The van der Waals surface area contributed by atoms with E-state index >= 15 is 0 Å². The van der Waals surface area contributed by atoms with Gasteiger partial charge in [-0.05, 0) is 19.1 Å². The van der Waals surface area contributed by atoms with Crippen molar-refractivity contribution in [3.63, 3.8) is 0 Å². The predicted molar refractivity (Wildman–Crippen MR) is 71.9 cm³/mol. The van der Waals surface area contributed by atoms with E-state index in [0.717, 1.165) is 11.9 Å². The van der Waals surface area contributed by atoms with Gasteiger partial charge in [-0.2, -0.15) is 13.2 Å². The average molecular weight is 304 g/mol. The highest BCUT2D eigenvalue weighted by Gasteiger charge is 2.34. The van der Waals surface area contributed by atoms with Crippen LogP contribution in [0.1, 0.15) is 11.4 Å². The zero-order valence-corrected chi connectivity index (χ0v) is 11.5. The molecule has 0 spiro atoms. The van der Waals surface area contributed by atoms with Crippen LogP contribution in [0.25, 0.3) is 0 Å². The topological polar surface area (TPSA) is 29.9 Å². The Labute approximate surface area is 119 Å². The van der Waals surface area contributed by atoms with Gasteiger partial charge in [0.25, 0.3) is 0 Å². The lowest BCUT2D eigenvalue weighted by Gasteiger charge is -2.16. The van der Waals surface area contributed by atoms with Gasteiger partial charge in [0, 0.05) is 25.5 Å². The number of nitrogens with zero attached hydrogens (tertiary/aromatic N) is 2. The van der Waals surface area contributed by atoms with Crippen LogP contribution < -0.4 is 5.32 Å². The first-order valence-electron chi connectivity index (χ1n) is 5.97. The summed E-state index contributed by atoms with van der Waals surface area (Å²) in [5.74, 6) is 0.807. The van der Waals surface area contributed by atoms with Crippen LogP contribution in [0.2, 0.25) is 5.02 Å². The largest absolute Gasteiger partial charge is 0.418 e. The first kappa shape index (κ1) is 14.7. The van der Waals surface area contributed by atoms with Gasteiger partial charge in [-0.1, -0.05) is 17.7 Å². The van der Waals surface area contributed by atoms with Gasteiger partial charge in [0.2, 0.25) is 0 Å². The van der Waals surface area contributed by atoms with Crippen molar-refractivity contribution >= 4 is 17.3 Å². The fraction of sp³-hybridized carbons (Fsp3) is 0.308. The first-order valence-corrected chi connectivity index (χ1v) is 6.34. The van der Waals surface area contributed by atoms with Gasteiger partial charge in [-0.3, -0.25) is 0 Å². The van der Waals surface area contributed by atoms with Crippen molar-refractivity contribution in [3.05, 3.63) is 47.0 Å². The molecular weight excluding hydrogens is 291 g/mol. The van der Waals surface area contributed by atoms with E-state index in [2.05, 4.69) is 10.3 Å². The molecule has 0 amide bonds. The Morgan fingerprint density at radius 3 is 2.70 bits per heavy atom. The Morgan fingerprint density at radius 2 is 2.10 bits per heavy atom. The second kappa shape index (κ2) is 5.75. The molecule has 1 N–H and O–H groups in total. The summed E-state index contributed by atoms with van der Waals surface area (Å²) in [4.78, 5) is 4.05. The zero-order valence-electron chi connectivity index (χ0n) is 10.7. The van der Waals surface area contributed by atoms with Gasteiger partial charge in [0.1, 0.15) is 5.82 Å². The zero-order chi connectivity index (χ0) is 14.8. The van der Waals surface area contributed by atoms with E-state index in [1.54, 1.807) is 12.4 Å². The first-order chi connectivity index (χ1) is 9.39. The third-order valence-corrected chi connectivity index (χ3v) is 3.21. The van der Waals surface area contributed by atoms with E-state index in [1.165, 1.54) is 12.1 Å². The Hall–Kier alpha value is -1.69. The van der Waals surface area contributed by atoms with E-state index in [4.69, 9.17) is 11.6 Å². The molecule has 1 aromatic heterocycles. The Morgan fingerprint density at radius 1 is 1.35 bits per heavy atom. The van der Waals surface area contributed by atoms with Crippen molar-refractivity contribution < 1.29 is 13.2 Å². The summed E-state index contributed by atoms with van der Waals surface area (Å²) >= 11 is 5.85. The summed E-state index contributed by atoms with van der Waals surface area (Å²) in [6.45, 7) is 2.66. The number of alkyl halides is 3. The predicted octanol–water partition coefficient (Wildman–Crippen LogP) is 3.98. The molecule has 0 fully saturated rings. The smallest absolute Gasteiger partial charge is 0.382 e. The van der Waals surface area contributed by atoms with Crippen LogP contribution in [-0.4, -0.2) is 16.1 Å². The highest BCUT2D eigenvalue weighted by molar-refractivity contribution is 6.33. The monoisotopic (exact) mass is 303 g/mol. The number of rotatable bonds is 4. The fourth-order valence-electron chi connectivity index (χ4n) is 1.88. The van der Waals surface area contributed by atoms with Crippen molar-refractivity contribution in [3.8, 4) is 0 Å². The molecule has 0 saturated heterocycles. The van der Waals surface area contributed by atoms with Crippen LogP contribution in [0.15, 0.2) is 30.6 Å². The molecule has 20 heavy (non-hydrogen) atoms. The molecule has 0 atom stereocenters. The third kappa shape index (κ3) is 3.25. The molecule has 0 aliphatic rings. The van der Waals surface area contributed by atoms with E-state index in [1.807, 2.05) is 11.5 Å². The minimum Gasteiger partial charge on any atom is -0.382 e. The molecule has 3 nitrogen and oxygen atoms in total. The van der Waals surface area contributed by atoms with Crippen LogP contribution in [-0.2, 0) is 12.7 Å². The second-order valence-corrected chi connectivity index (χ2v) is 4.66. The van der Waals surface area contributed by atoms with Crippen LogP contribution in [0, 0.1) is 6.92 Å². The molecule has 2 rings (SSSR count). The lowest BCUT2D eigenvalue weighted by Crippen LogP contribution is -2.15. The Kier molecular flexibility index (Phi) is 4.23. The molecular formula is C13H13ClF3N3. The van der Waals surface area contributed by atoms with Crippen molar-refractivity contribution in [1.82, 2.24) is 9.55 Å². The summed E-state index contributed by atoms with van der Waals surface area (Å²) in [6, 6.07) is 3.73. The molecule has 2 aromatic rings. The number of halogens is 4. The summed E-state index contributed by atoms with van der Waals surface area (Å²) < 4.78 is 40.5. The van der Waals surface area contributed by atoms with Crippen molar-refractivity contribution in [2.45, 2.75) is 19.6 Å². The summed E-state index contributed by atoms with van der Waals surface area (Å²) in [5, 5.41) is 2.81. The number of hydrogen-bond acceptors (Lipinski definition) is 2. The SMILES string of the molecule is Cc1nccn1CCNc1c(Cl)cccc1C(F)(F)F. The maximum atomic E-state index is 12.9. The Bertz CT molecular complexity index is 593. The van der Waals surface area contributed by atoms with E-state index in [9.17, 15) is 13.2 Å². The molecule has 1 heterocycles. The van der Waals surface area contributed by atoms with E-state index < -0.39 is 11.7 Å². The van der Waals surface area contributed by atoms with Crippen LogP contribution in [0.4, 0.5) is 18.9 Å². The number of aryl methyl sites for hydroxylation is 1. The third-order valence-electron chi connectivity index (χ3n) is 2.90. The Balaban J connectivity index is 2.11. The standard InChI is InChI=1S/C13H13ClF3N3/c1-9-18-5-7-20(9)8-6-19-12-10(13(15,16)17)3-2-4-11(12)14/h2-5,7,19H,6,8H2,1H3. The van der Waals surface area contributed by atoms with Gasteiger partial charge in [0.15, 0.2) is 0 Å². The maximum absolute atomic E-state index is 12.9. The van der Waals surface area contributed by atoms with Gasteiger partial charge in [-0.15, -0.1) is 0 Å². The molecule has 0 radical (unpaired) electrons. The minimum atomic E-state index is -4.43. The lowest BCUT2D eigenvalue weighted by molar-refractivity contribution is -0.136. The molecule has 7 heteroatoms.